The summed E-state index contributed by atoms with van der Waals surface area (Å²) in [5.41, 5.74) is 0.604. The molecule has 1 fully saturated rings. The van der Waals surface area contributed by atoms with Crippen molar-refractivity contribution in [1.82, 2.24) is 4.90 Å². The number of rotatable bonds is 6. The molecule has 0 N–H and O–H groups in total. The molecule has 6 heteroatoms. The molecule has 1 aromatic carbocycles. The number of ketones is 1. The van der Waals surface area contributed by atoms with Gasteiger partial charge in [0.25, 0.3) is 0 Å². The number of piperidine rings is 1. The van der Waals surface area contributed by atoms with E-state index in [0.29, 0.717) is 29.4 Å². The minimum absolute atomic E-state index is 0.0626. The summed E-state index contributed by atoms with van der Waals surface area (Å²) in [5, 5.41) is 0. The molecular weight excluding hydrogens is 314 g/mol. The van der Waals surface area contributed by atoms with Crippen molar-refractivity contribution < 1.29 is 19.1 Å². The van der Waals surface area contributed by atoms with Gasteiger partial charge in [-0.05, 0) is 37.3 Å². The number of carbonyl (C=O) groups excluding carboxylic acids is 2. The lowest BCUT2D eigenvalue weighted by atomic mass is 9.90. The Balaban J connectivity index is 2.12. The Morgan fingerprint density at radius 2 is 2.00 bits per heavy atom. The molecule has 0 aliphatic carbocycles. The predicted octanol–water partition coefficient (Wildman–Crippen LogP) is 2.49. The standard InChI is InChI=1S/C17H23NO4S/c1-21-14-7-6-12(9-15(14)22-2)17(20)13-5-4-8-18(10-13)16(19)11-23-3/h6-7,9,13H,4-5,8,10-11H2,1-3H3/t13-/m0/s1. The molecule has 1 aromatic rings. The van der Waals surface area contributed by atoms with Crippen molar-refractivity contribution in [2.45, 2.75) is 12.8 Å². The number of methoxy groups -OCH3 is 2. The SMILES string of the molecule is COc1ccc(C(=O)[C@H]2CCCN(C(=O)CSC)C2)cc1OC. The van der Waals surface area contributed by atoms with Gasteiger partial charge in [-0.3, -0.25) is 9.59 Å². The number of benzene rings is 1. The topological polar surface area (TPSA) is 55.8 Å². The first kappa shape index (κ1) is 17.7. The molecule has 2 rings (SSSR count). The van der Waals surface area contributed by atoms with Gasteiger partial charge in [-0.25, -0.2) is 0 Å². The number of thioether (sulfide) groups is 1. The summed E-state index contributed by atoms with van der Waals surface area (Å²) in [5.74, 6) is 1.65. The maximum Gasteiger partial charge on any atom is 0.232 e. The summed E-state index contributed by atoms with van der Waals surface area (Å²) >= 11 is 1.51. The van der Waals surface area contributed by atoms with Crippen molar-refractivity contribution in [3.63, 3.8) is 0 Å². The Hall–Kier alpha value is -1.69. The van der Waals surface area contributed by atoms with Crippen molar-refractivity contribution in [3.05, 3.63) is 23.8 Å². The molecule has 0 spiro atoms. The van der Waals surface area contributed by atoms with Gasteiger partial charge in [0.05, 0.1) is 20.0 Å². The quantitative estimate of drug-likeness (QED) is 0.747. The number of amides is 1. The molecule has 126 valence electrons. The largest absolute Gasteiger partial charge is 0.493 e. The smallest absolute Gasteiger partial charge is 0.232 e. The lowest BCUT2D eigenvalue weighted by molar-refractivity contribution is -0.129. The molecule has 0 bridgehead atoms. The molecule has 5 nitrogen and oxygen atoms in total. The predicted molar refractivity (Wildman–Crippen MR) is 91.6 cm³/mol. The maximum atomic E-state index is 12.8. The lowest BCUT2D eigenvalue weighted by Gasteiger charge is -2.32. The van der Waals surface area contributed by atoms with Gasteiger partial charge < -0.3 is 14.4 Å². The monoisotopic (exact) mass is 337 g/mol. The fourth-order valence-electron chi connectivity index (χ4n) is 2.86. The van der Waals surface area contributed by atoms with E-state index in [1.54, 1.807) is 32.4 Å². The van der Waals surface area contributed by atoms with Gasteiger partial charge in [0.2, 0.25) is 5.91 Å². The van der Waals surface area contributed by atoms with E-state index in [1.165, 1.54) is 11.8 Å². The van der Waals surface area contributed by atoms with Crippen LogP contribution in [-0.2, 0) is 4.79 Å². The number of hydrogen-bond donors (Lipinski definition) is 0. The van der Waals surface area contributed by atoms with Crippen LogP contribution >= 0.6 is 11.8 Å². The average Bonchev–Trinajstić information content (AvgIpc) is 2.60. The molecule has 23 heavy (non-hydrogen) atoms. The van der Waals surface area contributed by atoms with Crippen molar-refractivity contribution >= 4 is 23.5 Å². The summed E-state index contributed by atoms with van der Waals surface area (Å²) in [4.78, 5) is 26.6. The first-order valence-electron chi connectivity index (χ1n) is 7.63. The zero-order valence-corrected chi connectivity index (χ0v) is 14.6. The maximum absolute atomic E-state index is 12.8. The lowest BCUT2D eigenvalue weighted by Crippen LogP contribution is -2.43. The van der Waals surface area contributed by atoms with Gasteiger partial charge in [-0.1, -0.05) is 0 Å². The van der Waals surface area contributed by atoms with Crippen molar-refractivity contribution in [2.24, 2.45) is 5.92 Å². The van der Waals surface area contributed by atoms with Crippen LogP contribution in [0.4, 0.5) is 0 Å². The Bertz CT molecular complexity index is 576. The van der Waals surface area contributed by atoms with Crippen LogP contribution in [0.25, 0.3) is 0 Å². The summed E-state index contributed by atoms with van der Waals surface area (Å²) in [6.07, 6.45) is 3.59. The minimum atomic E-state index is -0.146. The molecule has 1 amide bonds. The molecule has 0 radical (unpaired) electrons. The van der Waals surface area contributed by atoms with Crippen LogP contribution < -0.4 is 9.47 Å². The van der Waals surface area contributed by atoms with Gasteiger partial charge in [0.15, 0.2) is 17.3 Å². The highest BCUT2D eigenvalue weighted by atomic mass is 32.2. The van der Waals surface area contributed by atoms with E-state index in [9.17, 15) is 9.59 Å². The second kappa shape index (κ2) is 8.24. The Morgan fingerprint density at radius 1 is 1.26 bits per heavy atom. The van der Waals surface area contributed by atoms with E-state index >= 15 is 0 Å². The fraction of sp³-hybridized carbons (Fsp3) is 0.529. The number of carbonyl (C=O) groups is 2. The second-order valence-corrected chi connectivity index (χ2v) is 6.41. The van der Waals surface area contributed by atoms with Crippen LogP contribution in [0, 0.1) is 5.92 Å². The number of hydrogen-bond acceptors (Lipinski definition) is 5. The highest BCUT2D eigenvalue weighted by Crippen LogP contribution is 2.30. The Labute approximate surface area is 141 Å². The molecule has 0 aromatic heterocycles. The zero-order valence-electron chi connectivity index (χ0n) is 13.8. The van der Waals surface area contributed by atoms with Crippen LogP contribution in [0.3, 0.4) is 0 Å². The van der Waals surface area contributed by atoms with E-state index in [-0.39, 0.29) is 17.6 Å². The van der Waals surface area contributed by atoms with Gasteiger partial charge in [-0.15, -0.1) is 0 Å². The van der Waals surface area contributed by atoms with Gasteiger partial charge >= 0.3 is 0 Å². The van der Waals surface area contributed by atoms with Crippen LogP contribution in [0.2, 0.25) is 0 Å². The summed E-state index contributed by atoms with van der Waals surface area (Å²) in [6, 6.07) is 5.21. The third kappa shape index (κ3) is 4.19. The molecule has 1 aliphatic heterocycles. The third-order valence-corrected chi connectivity index (χ3v) is 4.62. The minimum Gasteiger partial charge on any atom is -0.493 e. The van der Waals surface area contributed by atoms with Crippen molar-refractivity contribution in [1.29, 1.82) is 0 Å². The highest BCUT2D eigenvalue weighted by Gasteiger charge is 2.29. The van der Waals surface area contributed by atoms with Gasteiger partial charge in [-0.2, -0.15) is 11.8 Å². The first-order chi connectivity index (χ1) is 11.1. The Kier molecular flexibility index (Phi) is 6.33. The van der Waals surface area contributed by atoms with E-state index in [0.717, 1.165) is 19.4 Å². The van der Waals surface area contributed by atoms with Gasteiger partial charge in [0.1, 0.15) is 0 Å². The summed E-state index contributed by atoms with van der Waals surface area (Å²) in [7, 11) is 3.12. The van der Waals surface area contributed by atoms with Crippen molar-refractivity contribution in [3.8, 4) is 11.5 Å². The fourth-order valence-corrected chi connectivity index (χ4v) is 3.29. The van der Waals surface area contributed by atoms with Crippen molar-refractivity contribution in [2.75, 3.05) is 39.3 Å². The molecule has 1 heterocycles. The second-order valence-electron chi connectivity index (χ2n) is 5.55. The number of nitrogens with zero attached hydrogens (tertiary/aromatic N) is 1. The third-order valence-electron chi connectivity index (χ3n) is 4.08. The highest BCUT2D eigenvalue weighted by molar-refractivity contribution is 7.99. The van der Waals surface area contributed by atoms with Crippen LogP contribution in [-0.4, -0.2) is 55.9 Å². The molecular formula is C17H23NO4S. The average molecular weight is 337 g/mol. The summed E-state index contributed by atoms with van der Waals surface area (Å²) < 4.78 is 10.5. The van der Waals surface area contributed by atoms with Crippen LogP contribution in [0.15, 0.2) is 18.2 Å². The number of ether oxygens (including phenoxy) is 2. The first-order valence-corrected chi connectivity index (χ1v) is 9.03. The number of likely N-dealkylation sites (tertiary alicyclic amines) is 1. The zero-order chi connectivity index (χ0) is 16.8. The molecule has 1 atom stereocenters. The van der Waals surface area contributed by atoms with E-state index in [2.05, 4.69) is 0 Å². The molecule has 1 saturated heterocycles. The normalized spacial score (nSPS) is 17.7. The Morgan fingerprint density at radius 3 is 2.65 bits per heavy atom. The van der Waals surface area contributed by atoms with E-state index in [4.69, 9.17) is 9.47 Å². The van der Waals surface area contributed by atoms with E-state index < -0.39 is 0 Å². The van der Waals surface area contributed by atoms with Crippen LogP contribution in [0.1, 0.15) is 23.2 Å². The molecule has 0 unspecified atom stereocenters. The molecule has 1 aliphatic rings. The van der Waals surface area contributed by atoms with E-state index in [1.807, 2.05) is 11.2 Å². The van der Waals surface area contributed by atoms with Crippen LogP contribution in [0.5, 0.6) is 11.5 Å². The summed E-state index contributed by atoms with van der Waals surface area (Å²) in [6.45, 7) is 1.25. The van der Waals surface area contributed by atoms with Gasteiger partial charge in [0, 0.05) is 24.6 Å². The number of Topliss-reactive ketones (excluding diaryl/α,β-unsaturated/α-hetero) is 1. The molecule has 0 saturated carbocycles.